The van der Waals surface area contributed by atoms with Crippen LogP contribution in [-0.2, 0) is 19.1 Å². The minimum absolute atomic E-state index is 0.546. The van der Waals surface area contributed by atoms with E-state index < -0.39 is 0 Å². The summed E-state index contributed by atoms with van der Waals surface area (Å²) >= 11 is 0. The molecular weight excluding hydrogens is 550 g/mol. The molecule has 0 spiro atoms. The van der Waals surface area contributed by atoms with Gasteiger partial charge in [0.15, 0.2) is 0 Å². The van der Waals surface area contributed by atoms with Crippen LogP contribution in [0.15, 0.2) is 60.9 Å². The van der Waals surface area contributed by atoms with Gasteiger partial charge in [0.2, 0.25) is 0 Å². The zero-order valence-electron chi connectivity index (χ0n) is 25.6. The van der Waals surface area contributed by atoms with E-state index in [1.54, 1.807) is 27.5 Å². The molecule has 0 bridgehead atoms. The maximum absolute atomic E-state index is 8.00. The lowest BCUT2D eigenvalue weighted by Gasteiger charge is -2.27. The van der Waals surface area contributed by atoms with Crippen LogP contribution in [0.25, 0.3) is 22.3 Å². The van der Waals surface area contributed by atoms with E-state index in [4.69, 9.17) is 33.5 Å². The van der Waals surface area contributed by atoms with E-state index >= 15 is 0 Å². The van der Waals surface area contributed by atoms with Crippen LogP contribution in [0, 0.1) is 0 Å². The van der Waals surface area contributed by atoms with Crippen molar-refractivity contribution in [3.8, 4) is 22.8 Å². The van der Waals surface area contributed by atoms with Crippen molar-refractivity contribution >= 4 is 41.8 Å². The van der Waals surface area contributed by atoms with E-state index in [0.717, 1.165) is 65.8 Å². The molecule has 0 N–H and O–H groups in total. The van der Waals surface area contributed by atoms with Gasteiger partial charge in [-0.2, -0.15) is 0 Å². The van der Waals surface area contributed by atoms with Gasteiger partial charge in [0, 0.05) is 68.1 Å². The lowest BCUT2D eigenvalue weighted by atomic mass is 10.1. The van der Waals surface area contributed by atoms with Crippen LogP contribution in [0.2, 0.25) is 0 Å². The number of rotatable bonds is 9. The fourth-order valence-corrected chi connectivity index (χ4v) is 4.36. The second-order valence-corrected chi connectivity index (χ2v) is 8.65. The van der Waals surface area contributed by atoms with Gasteiger partial charge >= 0.3 is 0 Å². The van der Waals surface area contributed by atoms with E-state index in [2.05, 4.69) is 19.8 Å². The van der Waals surface area contributed by atoms with Crippen LogP contribution in [-0.4, -0.2) is 89.3 Å². The number of carbonyl (C=O) groups is 2. The molecule has 230 valence electrons. The Balaban J connectivity index is 0.00000101. The average molecular weight is 592 g/mol. The molecule has 0 radical (unpaired) electrons. The van der Waals surface area contributed by atoms with Crippen molar-refractivity contribution in [3.63, 3.8) is 0 Å². The molecule has 43 heavy (non-hydrogen) atoms. The van der Waals surface area contributed by atoms with Crippen molar-refractivity contribution in [2.75, 3.05) is 70.6 Å². The Morgan fingerprint density at radius 2 is 1.49 bits per heavy atom. The maximum atomic E-state index is 8.00. The van der Waals surface area contributed by atoms with Crippen molar-refractivity contribution in [2.24, 2.45) is 0 Å². The van der Waals surface area contributed by atoms with E-state index in [9.17, 15) is 0 Å². The topological polar surface area (TPSA) is 116 Å². The Morgan fingerprint density at radius 1 is 0.814 bits per heavy atom. The number of aromatic nitrogens is 3. The molecule has 0 aliphatic carbocycles. The van der Waals surface area contributed by atoms with E-state index in [1.807, 2.05) is 82.2 Å². The fourth-order valence-electron chi connectivity index (χ4n) is 4.36. The van der Waals surface area contributed by atoms with Crippen LogP contribution in [0.4, 0.5) is 17.2 Å². The summed E-state index contributed by atoms with van der Waals surface area (Å²) in [6, 6.07) is 16.0. The molecule has 3 heterocycles. The number of morpholine rings is 1. The van der Waals surface area contributed by atoms with Crippen molar-refractivity contribution in [1.29, 1.82) is 0 Å². The first-order valence-electron chi connectivity index (χ1n) is 13.8. The number of pyridine rings is 1. The summed E-state index contributed by atoms with van der Waals surface area (Å²) in [4.78, 5) is 34.6. The van der Waals surface area contributed by atoms with Gasteiger partial charge < -0.3 is 38.3 Å². The minimum atomic E-state index is 0.546. The summed E-state index contributed by atoms with van der Waals surface area (Å²) in [5.41, 5.74) is 5.21. The lowest BCUT2D eigenvalue weighted by molar-refractivity contribution is -0.0987. The van der Waals surface area contributed by atoms with Crippen LogP contribution in [0.5, 0.6) is 11.5 Å². The van der Waals surface area contributed by atoms with Gasteiger partial charge in [0.05, 0.1) is 57.0 Å². The molecule has 4 aromatic rings. The quantitative estimate of drug-likeness (QED) is 0.262. The molecule has 0 unspecified atom stereocenters. The maximum Gasteiger partial charge on any atom is 0.128 e. The summed E-state index contributed by atoms with van der Waals surface area (Å²) in [6.07, 6.45) is 3.65. The molecular formula is C32H41N5O6. The number of hydrogen-bond donors (Lipinski definition) is 0. The van der Waals surface area contributed by atoms with E-state index in [0.29, 0.717) is 24.7 Å². The summed E-state index contributed by atoms with van der Waals surface area (Å²) in [6.45, 7) is 12.3. The Morgan fingerprint density at radius 3 is 2.07 bits per heavy atom. The molecule has 5 rings (SSSR count). The first-order chi connectivity index (χ1) is 21.2. The van der Waals surface area contributed by atoms with Gasteiger partial charge in [0.1, 0.15) is 30.9 Å². The summed E-state index contributed by atoms with van der Waals surface area (Å²) in [5, 5.41) is 0. The van der Waals surface area contributed by atoms with E-state index in [1.165, 1.54) is 0 Å². The molecule has 0 amide bonds. The summed E-state index contributed by atoms with van der Waals surface area (Å²) < 4.78 is 21.8. The van der Waals surface area contributed by atoms with Gasteiger partial charge in [-0.25, -0.2) is 9.97 Å². The number of benzene rings is 2. The largest absolute Gasteiger partial charge is 0.497 e. The molecule has 2 aromatic heterocycles. The first-order valence-corrected chi connectivity index (χ1v) is 13.8. The van der Waals surface area contributed by atoms with Crippen molar-refractivity contribution in [2.45, 2.75) is 13.8 Å². The summed E-state index contributed by atoms with van der Waals surface area (Å²) in [5.74, 6) is 2.38. The minimum Gasteiger partial charge on any atom is -0.497 e. The summed E-state index contributed by atoms with van der Waals surface area (Å²) in [7, 11) is 4.99. The lowest BCUT2D eigenvalue weighted by Crippen LogP contribution is -2.36. The predicted molar refractivity (Wildman–Crippen MR) is 170 cm³/mol. The standard InChI is InChI=1S/C28H31N5O4.C2H6.2CH2O/c1-34-11-10-33(22-14-23(35-2)17-24(15-22)36-3)21-5-6-25-26(16-21)31-27(19-29-25)20-4-7-28(30-18-20)32-8-12-37-13-9-32;3*1-2/h4-7,14-19H,8-13H2,1-3H3;1-2H3;2*1H2. The highest BCUT2D eigenvalue weighted by molar-refractivity contribution is 5.83. The smallest absolute Gasteiger partial charge is 0.128 e. The highest BCUT2D eigenvalue weighted by Crippen LogP contribution is 2.34. The molecule has 0 atom stereocenters. The highest BCUT2D eigenvalue weighted by atomic mass is 16.5. The van der Waals surface area contributed by atoms with Crippen LogP contribution >= 0.6 is 0 Å². The third-order valence-corrected chi connectivity index (χ3v) is 6.38. The number of anilines is 3. The van der Waals surface area contributed by atoms with Gasteiger partial charge in [-0.3, -0.25) is 4.98 Å². The first kappa shape index (κ1) is 34.6. The number of nitrogens with zero attached hydrogens (tertiary/aromatic N) is 5. The molecule has 11 nitrogen and oxygen atoms in total. The average Bonchev–Trinajstić information content (AvgIpc) is 3.11. The van der Waals surface area contributed by atoms with Crippen LogP contribution in [0.3, 0.4) is 0 Å². The fraction of sp³-hybridized carbons (Fsp3) is 0.344. The Bertz CT molecular complexity index is 1360. The third kappa shape index (κ3) is 9.19. The zero-order chi connectivity index (χ0) is 31.6. The molecule has 11 heteroatoms. The monoisotopic (exact) mass is 591 g/mol. The molecule has 1 fully saturated rings. The number of hydrogen-bond acceptors (Lipinski definition) is 11. The predicted octanol–water partition coefficient (Wildman–Crippen LogP) is 4.99. The zero-order valence-corrected chi connectivity index (χ0v) is 25.6. The van der Waals surface area contributed by atoms with Gasteiger partial charge in [-0.05, 0) is 30.3 Å². The van der Waals surface area contributed by atoms with Crippen molar-refractivity contribution in [1.82, 2.24) is 15.0 Å². The van der Waals surface area contributed by atoms with Crippen LogP contribution in [0.1, 0.15) is 13.8 Å². The number of methoxy groups -OCH3 is 3. The Labute approximate surface area is 253 Å². The number of fused-ring (bicyclic) bond motifs is 1. The SMILES string of the molecule is C=O.C=O.CC.COCCN(c1cc(OC)cc(OC)c1)c1ccc2ncc(-c3ccc(N4CCOCC4)nc3)nc2c1. The van der Waals surface area contributed by atoms with Crippen LogP contribution < -0.4 is 19.3 Å². The molecule has 2 aromatic carbocycles. The van der Waals surface area contributed by atoms with E-state index in [-0.39, 0.29) is 0 Å². The van der Waals surface area contributed by atoms with Crippen molar-refractivity contribution in [3.05, 3.63) is 60.9 Å². The highest BCUT2D eigenvalue weighted by Gasteiger charge is 2.15. The van der Waals surface area contributed by atoms with Gasteiger partial charge in [-0.1, -0.05) is 13.8 Å². The Kier molecular flexibility index (Phi) is 15.1. The normalized spacial score (nSPS) is 12.0. The molecule has 1 aliphatic rings. The molecule has 1 saturated heterocycles. The second-order valence-electron chi connectivity index (χ2n) is 8.65. The van der Waals surface area contributed by atoms with Gasteiger partial charge in [-0.15, -0.1) is 0 Å². The second kappa shape index (κ2) is 18.7. The molecule has 1 aliphatic heterocycles. The number of ether oxygens (including phenoxy) is 4. The molecule has 0 saturated carbocycles. The Hall–Kier alpha value is -4.61. The number of carbonyl (C=O) groups excluding carboxylic acids is 2. The van der Waals surface area contributed by atoms with Gasteiger partial charge in [0.25, 0.3) is 0 Å². The van der Waals surface area contributed by atoms with Crippen molar-refractivity contribution < 1.29 is 28.5 Å². The third-order valence-electron chi connectivity index (χ3n) is 6.38.